The number of fused-ring (bicyclic) bond motifs is 1. The molecule has 4 rings (SSSR count). The first kappa shape index (κ1) is 23.0. The number of aliphatic imine (C=N–C) groups is 1. The summed E-state index contributed by atoms with van der Waals surface area (Å²) in [4.78, 5) is 18.1. The van der Waals surface area contributed by atoms with Crippen molar-refractivity contribution in [2.75, 3.05) is 24.0 Å². The molecule has 1 atom stereocenters. The molecule has 2 aliphatic rings. The van der Waals surface area contributed by atoms with Gasteiger partial charge in [-0.25, -0.2) is 15.0 Å². The van der Waals surface area contributed by atoms with E-state index in [-0.39, 0.29) is 11.1 Å². The van der Waals surface area contributed by atoms with E-state index in [2.05, 4.69) is 103 Å². The fourth-order valence-corrected chi connectivity index (χ4v) is 3.87. The van der Waals surface area contributed by atoms with Gasteiger partial charge in [0.2, 0.25) is 5.96 Å². The Morgan fingerprint density at radius 2 is 1.88 bits per heavy atom. The first-order valence-corrected chi connectivity index (χ1v) is 11.3. The van der Waals surface area contributed by atoms with E-state index in [9.17, 15) is 0 Å². The second-order valence-electron chi connectivity index (χ2n) is 9.90. The molecule has 0 saturated heterocycles. The molecule has 0 spiro atoms. The van der Waals surface area contributed by atoms with Gasteiger partial charge in [0.15, 0.2) is 0 Å². The predicted octanol–water partition coefficient (Wildman–Crippen LogP) is 5.02. The molecule has 7 heteroatoms. The predicted molar refractivity (Wildman–Crippen MR) is 134 cm³/mol. The summed E-state index contributed by atoms with van der Waals surface area (Å²) in [5.41, 5.74) is 3.80. The number of guanidine groups is 1. The molecule has 1 aromatic heterocycles. The summed E-state index contributed by atoms with van der Waals surface area (Å²) in [6, 6.07) is 10.4. The minimum absolute atomic E-state index is 0.229. The molecular formula is C26H34N6O. The Labute approximate surface area is 196 Å². The number of likely N-dealkylation sites (N-methyl/N-ethyl adjacent to an activating group) is 1. The van der Waals surface area contributed by atoms with E-state index in [0.29, 0.717) is 6.73 Å². The van der Waals surface area contributed by atoms with E-state index in [1.54, 1.807) is 6.20 Å². The summed E-state index contributed by atoms with van der Waals surface area (Å²) in [5, 5.41) is 3.40. The molecule has 1 aliphatic heterocycles. The van der Waals surface area contributed by atoms with Crippen LogP contribution in [0.3, 0.4) is 0 Å². The number of benzene rings is 1. The van der Waals surface area contributed by atoms with Crippen LogP contribution in [0.25, 0.3) is 0 Å². The second kappa shape index (κ2) is 8.63. The molecule has 1 unspecified atom stereocenters. The van der Waals surface area contributed by atoms with Crippen molar-refractivity contribution < 1.29 is 4.74 Å². The van der Waals surface area contributed by atoms with Crippen molar-refractivity contribution >= 4 is 17.5 Å². The lowest BCUT2D eigenvalue weighted by molar-refractivity contribution is 0.00130. The third-order valence-electron chi connectivity index (χ3n) is 6.09. The van der Waals surface area contributed by atoms with Crippen LogP contribution in [-0.2, 0) is 4.74 Å². The number of nitrogens with zero attached hydrogens (tertiary/aromatic N) is 5. The topological polar surface area (TPSA) is 65.9 Å². The van der Waals surface area contributed by atoms with Crippen LogP contribution in [0.4, 0.5) is 11.5 Å². The first-order valence-electron chi connectivity index (χ1n) is 11.3. The summed E-state index contributed by atoms with van der Waals surface area (Å²) in [6.45, 7) is 12.8. The fourth-order valence-electron chi connectivity index (χ4n) is 3.87. The van der Waals surface area contributed by atoms with Gasteiger partial charge in [-0.05, 0) is 72.2 Å². The Bertz CT molecular complexity index is 1110. The van der Waals surface area contributed by atoms with Gasteiger partial charge in [0.05, 0.1) is 16.8 Å². The standard InChI is InChI=1S/C26H34N6O/c1-18-8-10-21(11-9-18)32(17-33-25(3,4)5)24-30-22-16-20(12-14-26(22,6)31(24)7)29-23-13-15-27-19(2)28-23/h8-13,15-16H,14,17H2,1-7H3,(H,27,28,29). The van der Waals surface area contributed by atoms with Gasteiger partial charge in [0.25, 0.3) is 0 Å². The van der Waals surface area contributed by atoms with Crippen molar-refractivity contribution in [3.05, 3.63) is 71.5 Å². The summed E-state index contributed by atoms with van der Waals surface area (Å²) in [6.07, 6.45) is 6.91. The van der Waals surface area contributed by atoms with Crippen molar-refractivity contribution in [3.8, 4) is 0 Å². The summed E-state index contributed by atoms with van der Waals surface area (Å²) in [7, 11) is 2.11. The van der Waals surface area contributed by atoms with Crippen LogP contribution in [0.5, 0.6) is 0 Å². The number of anilines is 2. The highest BCUT2D eigenvalue weighted by Crippen LogP contribution is 2.40. The molecule has 0 amide bonds. The van der Waals surface area contributed by atoms with E-state index < -0.39 is 0 Å². The first-order chi connectivity index (χ1) is 15.5. The van der Waals surface area contributed by atoms with Crippen molar-refractivity contribution in [1.29, 1.82) is 0 Å². The van der Waals surface area contributed by atoms with Crippen LogP contribution in [0.15, 0.2) is 65.1 Å². The van der Waals surface area contributed by atoms with Gasteiger partial charge in [-0.15, -0.1) is 0 Å². The molecule has 2 aromatic rings. The molecule has 0 bridgehead atoms. The quantitative estimate of drug-likeness (QED) is 0.651. The average Bonchev–Trinajstić information content (AvgIpc) is 3.00. The highest BCUT2D eigenvalue weighted by Gasteiger charge is 2.44. The van der Waals surface area contributed by atoms with E-state index in [1.165, 1.54) is 5.56 Å². The highest BCUT2D eigenvalue weighted by atomic mass is 16.5. The Balaban J connectivity index is 1.65. The van der Waals surface area contributed by atoms with Gasteiger partial charge in [0.1, 0.15) is 18.4 Å². The van der Waals surface area contributed by atoms with Gasteiger partial charge >= 0.3 is 0 Å². The molecular weight excluding hydrogens is 412 g/mol. The lowest BCUT2D eigenvalue weighted by Crippen LogP contribution is -2.51. The van der Waals surface area contributed by atoms with Gasteiger partial charge in [-0.2, -0.15) is 0 Å². The molecule has 1 aromatic carbocycles. The molecule has 7 nitrogen and oxygen atoms in total. The van der Waals surface area contributed by atoms with Crippen LogP contribution >= 0.6 is 0 Å². The monoisotopic (exact) mass is 446 g/mol. The minimum Gasteiger partial charge on any atom is -0.355 e. The van der Waals surface area contributed by atoms with E-state index in [0.717, 1.165) is 41.1 Å². The Morgan fingerprint density at radius 1 is 1.15 bits per heavy atom. The van der Waals surface area contributed by atoms with Gasteiger partial charge < -0.3 is 15.0 Å². The van der Waals surface area contributed by atoms with Gasteiger partial charge in [0, 0.05) is 24.6 Å². The SMILES string of the molecule is Cc1ccc(N(COC(C)(C)C)C2=NC3=CC(Nc4ccnc(C)n4)=CCC3(C)N2C)cc1. The minimum atomic E-state index is -0.259. The Hall–Kier alpha value is -3.19. The molecule has 1 aliphatic carbocycles. The molecule has 2 heterocycles. The smallest absolute Gasteiger partial charge is 0.208 e. The number of ether oxygens (including phenoxy) is 1. The zero-order chi connectivity index (χ0) is 23.8. The zero-order valence-electron chi connectivity index (χ0n) is 20.7. The molecule has 0 saturated carbocycles. The van der Waals surface area contributed by atoms with Crippen LogP contribution in [0.2, 0.25) is 0 Å². The van der Waals surface area contributed by atoms with Crippen molar-refractivity contribution in [3.63, 3.8) is 0 Å². The maximum atomic E-state index is 6.19. The molecule has 174 valence electrons. The van der Waals surface area contributed by atoms with Crippen LogP contribution < -0.4 is 10.2 Å². The Kier molecular flexibility index (Phi) is 6.01. The number of nitrogens with one attached hydrogen (secondary N) is 1. The number of aryl methyl sites for hydroxylation is 2. The molecule has 0 fully saturated rings. The molecule has 0 radical (unpaired) electrons. The number of rotatable bonds is 5. The summed E-state index contributed by atoms with van der Waals surface area (Å²) in [5.74, 6) is 2.40. The normalized spacial score (nSPS) is 20.1. The van der Waals surface area contributed by atoms with Crippen LogP contribution in [0, 0.1) is 13.8 Å². The van der Waals surface area contributed by atoms with Crippen LogP contribution in [0.1, 0.15) is 45.5 Å². The summed E-state index contributed by atoms with van der Waals surface area (Å²) >= 11 is 0. The third kappa shape index (κ3) is 4.93. The lowest BCUT2D eigenvalue weighted by Gasteiger charge is -2.39. The second-order valence-corrected chi connectivity index (χ2v) is 9.90. The van der Waals surface area contributed by atoms with E-state index in [1.807, 2.05) is 13.0 Å². The van der Waals surface area contributed by atoms with E-state index >= 15 is 0 Å². The molecule has 33 heavy (non-hydrogen) atoms. The number of allylic oxidation sites excluding steroid dienone is 1. The Morgan fingerprint density at radius 3 is 2.55 bits per heavy atom. The highest BCUT2D eigenvalue weighted by molar-refractivity contribution is 5.99. The fraction of sp³-hybridized carbons (Fsp3) is 0.423. The van der Waals surface area contributed by atoms with Crippen LogP contribution in [-0.4, -0.2) is 45.7 Å². The zero-order valence-corrected chi connectivity index (χ0v) is 20.7. The molecule has 1 N–H and O–H groups in total. The van der Waals surface area contributed by atoms with Crippen molar-refractivity contribution in [2.45, 2.75) is 59.1 Å². The maximum Gasteiger partial charge on any atom is 0.208 e. The summed E-state index contributed by atoms with van der Waals surface area (Å²) < 4.78 is 6.19. The van der Waals surface area contributed by atoms with Gasteiger partial charge in [-0.3, -0.25) is 4.90 Å². The van der Waals surface area contributed by atoms with Crippen molar-refractivity contribution in [2.24, 2.45) is 4.99 Å². The van der Waals surface area contributed by atoms with Crippen molar-refractivity contribution in [1.82, 2.24) is 14.9 Å². The van der Waals surface area contributed by atoms with E-state index in [4.69, 9.17) is 9.73 Å². The maximum absolute atomic E-state index is 6.19. The lowest BCUT2D eigenvalue weighted by atomic mass is 9.88. The third-order valence-corrected chi connectivity index (χ3v) is 6.09. The largest absolute Gasteiger partial charge is 0.355 e. The number of hydrogen-bond donors (Lipinski definition) is 1. The number of aromatic nitrogens is 2. The van der Waals surface area contributed by atoms with Gasteiger partial charge in [-0.1, -0.05) is 23.8 Å². The number of hydrogen-bond acceptors (Lipinski definition) is 7. The average molecular weight is 447 g/mol.